The van der Waals surface area contributed by atoms with E-state index in [0.717, 1.165) is 16.7 Å². The quantitative estimate of drug-likeness (QED) is 0.658. The van der Waals surface area contributed by atoms with Gasteiger partial charge in [0.15, 0.2) is 10.8 Å². The molecule has 5 heteroatoms. The van der Waals surface area contributed by atoms with Gasteiger partial charge in [0.25, 0.3) is 5.56 Å². The Morgan fingerprint density at radius 1 is 1.04 bits per heavy atom. The first kappa shape index (κ1) is 18.2. The molecule has 0 unspecified atom stereocenters. The van der Waals surface area contributed by atoms with Crippen LogP contribution in [0.1, 0.15) is 26.3 Å². The van der Waals surface area contributed by atoms with Crippen molar-refractivity contribution in [2.45, 2.75) is 32.9 Å². The van der Waals surface area contributed by atoms with E-state index in [-0.39, 0.29) is 10.6 Å². The molecule has 0 aliphatic rings. The summed E-state index contributed by atoms with van der Waals surface area (Å²) >= 11 is 6.20. The van der Waals surface area contributed by atoms with E-state index >= 15 is 0 Å². The number of ether oxygens (including phenoxy) is 1. The second kappa shape index (κ2) is 7.34. The number of halogens is 1. The molecule has 0 atom stereocenters. The third-order valence-corrected chi connectivity index (χ3v) is 4.30. The summed E-state index contributed by atoms with van der Waals surface area (Å²) in [5.41, 5.74) is 2.45. The average molecular weight is 369 g/mol. The van der Waals surface area contributed by atoms with Crippen molar-refractivity contribution in [2.24, 2.45) is 0 Å². The molecule has 3 rings (SSSR count). The molecule has 1 heterocycles. The Morgan fingerprint density at radius 3 is 2.42 bits per heavy atom. The van der Waals surface area contributed by atoms with E-state index < -0.39 is 5.54 Å². The average Bonchev–Trinajstić information content (AvgIpc) is 2.63. The van der Waals surface area contributed by atoms with E-state index in [4.69, 9.17) is 16.3 Å². The molecule has 134 valence electrons. The van der Waals surface area contributed by atoms with Gasteiger partial charge in [-0.15, -0.1) is 0 Å². The van der Waals surface area contributed by atoms with Gasteiger partial charge in [-0.05, 0) is 43.5 Å². The molecule has 1 aromatic heterocycles. The highest BCUT2D eigenvalue weighted by atomic mass is 35.5. The Balaban J connectivity index is 1.80. The van der Waals surface area contributed by atoms with Crippen LogP contribution in [0.4, 0.5) is 0 Å². The van der Waals surface area contributed by atoms with Gasteiger partial charge < -0.3 is 4.74 Å². The lowest BCUT2D eigenvalue weighted by molar-refractivity contribution is 0.292. The maximum absolute atomic E-state index is 12.4. The van der Waals surface area contributed by atoms with Crippen LogP contribution in [0.2, 0.25) is 5.02 Å². The first-order valence-corrected chi connectivity index (χ1v) is 8.79. The van der Waals surface area contributed by atoms with E-state index in [2.05, 4.69) is 29.4 Å². The fourth-order valence-corrected chi connectivity index (χ4v) is 2.81. The van der Waals surface area contributed by atoms with Crippen molar-refractivity contribution >= 4 is 11.6 Å². The molecule has 0 fully saturated rings. The van der Waals surface area contributed by atoms with Gasteiger partial charge in [0, 0.05) is 0 Å². The van der Waals surface area contributed by atoms with Crippen molar-refractivity contribution in [3.63, 3.8) is 0 Å². The monoisotopic (exact) mass is 368 g/mol. The van der Waals surface area contributed by atoms with E-state index in [0.29, 0.717) is 12.4 Å². The minimum absolute atomic E-state index is 0.0501. The number of hydrogen-bond acceptors (Lipinski definition) is 3. The standard InChI is InChI=1S/C21H21ClN2O2/c1-21(2,3)24-20(25)19(22)18(13-23-24)26-14-15-8-7-11-17(12-15)16-9-5-4-6-10-16/h4-13H,14H2,1-3H3. The van der Waals surface area contributed by atoms with Gasteiger partial charge in [-0.3, -0.25) is 4.79 Å². The predicted octanol–water partition coefficient (Wildman–Crippen LogP) is 4.90. The first-order chi connectivity index (χ1) is 12.4. The molecule has 26 heavy (non-hydrogen) atoms. The zero-order valence-electron chi connectivity index (χ0n) is 15.1. The van der Waals surface area contributed by atoms with Crippen molar-refractivity contribution in [1.29, 1.82) is 0 Å². The zero-order valence-corrected chi connectivity index (χ0v) is 15.8. The Bertz CT molecular complexity index is 960. The zero-order chi connectivity index (χ0) is 18.7. The molecule has 0 saturated carbocycles. The van der Waals surface area contributed by atoms with Crippen molar-refractivity contribution in [3.05, 3.63) is 81.7 Å². The van der Waals surface area contributed by atoms with E-state index in [1.54, 1.807) is 0 Å². The molecule has 0 aliphatic heterocycles. The summed E-state index contributed by atoms with van der Waals surface area (Å²) in [5.74, 6) is 0.294. The van der Waals surface area contributed by atoms with Gasteiger partial charge in [0.05, 0.1) is 11.7 Å². The Labute approximate surface area is 158 Å². The second-order valence-corrected chi connectivity index (χ2v) is 7.44. The lowest BCUT2D eigenvalue weighted by Crippen LogP contribution is -2.36. The van der Waals surface area contributed by atoms with Crippen molar-refractivity contribution in [3.8, 4) is 16.9 Å². The van der Waals surface area contributed by atoms with Gasteiger partial charge in [-0.2, -0.15) is 5.10 Å². The molecular formula is C21H21ClN2O2. The molecule has 4 nitrogen and oxygen atoms in total. The minimum atomic E-state index is -0.441. The predicted molar refractivity (Wildman–Crippen MR) is 105 cm³/mol. The highest BCUT2D eigenvalue weighted by Gasteiger charge is 2.20. The Morgan fingerprint density at radius 2 is 1.73 bits per heavy atom. The van der Waals surface area contributed by atoms with Gasteiger partial charge in [-0.25, -0.2) is 4.68 Å². The topological polar surface area (TPSA) is 44.1 Å². The number of rotatable bonds is 4. The Kier molecular flexibility index (Phi) is 5.14. The van der Waals surface area contributed by atoms with Crippen molar-refractivity contribution in [2.75, 3.05) is 0 Å². The summed E-state index contributed by atoms with van der Waals surface area (Å²) in [6.07, 6.45) is 1.50. The first-order valence-electron chi connectivity index (χ1n) is 8.42. The summed E-state index contributed by atoms with van der Waals surface area (Å²) in [5, 5.41) is 4.23. The molecule has 3 aromatic rings. The summed E-state index contributed by atoms with van der Waals surface area (Å²) < 4.78 is 7.11. The van der Waals surface area contributed by atoms with Gasteiger partial charge in [-0.1, -0.05) is 60.1 Å². The summed E-state index contributed by atoms with van der Waals surface area (Å²) in [4.78, 5) is 12.4. The van der Waals surface area contributed by atoms with Crippen LogP contribution in [0.5, 0.6) is 5.75 Å². The van der Waals surface area contributed by atoms with Gasteiger partial charge >= 0.3 is 0 Å². The number of benzene rings is 2. The fourth-order valence-electron chi connectivity index (χ4n) is 2.63. The fraction of sp³-hybridized carbons (Fsp3) is 0.238. The van der Waals surface area contributed by atoms with Gasteiger partial charge in [0.1, 0.15) is 6.61 Å². The lowest BCUT2D eigenvalue weighted by atomic mass is 10.0. The SMILES string of the molecule is CC(C)(C)n1ncc(OCc2cccc(-c3ccccc3)c2)c(Cl)c1=O. The highest BCUT2D eigenvalue weighted by Crippen LogP contribution is 2.24. The maximum atomic E-state index is 12.4. The molecule has 0 amide bonds. The molecule has 0 aliphatic carbocycles. The lowest BCUT2D eigenvalue weighted by Gasteiger charge is -2.21. The number of aromatic nitrogens is 2. The normalized spacial score (nSPS) is 11.4. The van der Waals surface area contributed by atoms with Crippen LogP contribution in [0, 0.1) is 0 Å². The molecule has 0 bridgehead atoms. The number of hydrogen-bond donors (Lipinski definition) is 0. The van der Waals surface area contributed by atoms with Crippen LogP contribution in [0.3, 0.4) is 0 Å². The van der Waals surface area contributed by atoms with Crippen LogP contribution in [0.25, 0.3) is 11.1 Å². The van der Waals surface area contributed by atoms with Crippen molar-refractivity contribution < 1.29 is 4.74 Å². The van der Waals surface area contributed by atoms with Crippen LogP contribution in [0.15, 0.2) is 65.6 Å². The molecule has 0 N–H and O–H groups in total. The summed E-state index contributed by atoms with van der Waals surface area (Å²) in [6, 6.07) is 18.2. The third kappa shape index (κ3) is 3.97. The van der Waals surface area contributed by atoms with Gasteiger partial charge in [0.2, 0.25) is 0 Å². The Hall–Kier alpha value is -2.59. The number of nitrogens with zero attached hydrogens (tertiary/aromatic N) is 2. The minimum Gasteiger partial charge on any atom is -0.485 e. The second-order valence-electron chi connectivity index (χ2n) is 7.07. The molecule has 2 aromatic carbocycles. The largest absolute Gasteiger partial charge is 0.485 e. The summed E-state index contributed by atoms with van der Waals surface area (Å²) in [6.45, 7) is 6.00. The molecule has 0 saturated heterocycles. The molecule has 0 spiro atoms. The van der Waals surface area contributed by atoms with Crippen LogP contribution in [-0.2, 0) is 12.1 Å². The third-order valence-electron chi connectivity index (χ3n) is 3.95. The molecule has 0 radical (unpaired) electrons. The van der Waals surface area contributed by atoms with E-state index in [1.165, 1.54) is 10.9 Å². The smallest absolute Gasteiger partial charge is 0.289 e. The molecular weight excluding hydrogens is 348 g/mol. The van der Waals surface area contributed by atoms with E-state index in [1.807, 2.05) is 51.1 Å². The van der Waals surface area contributed by atoms with Crippen molar-refractivity contribution in [1.82, 2.24) is 9.78 Å². The van der Waals surface area contributed by atoms with Crippen LogP contribution >= 0.6 is 11.6 Å². The van der Waals surface area contributed by atoms with Crippen LogP contribution in [-0.4, -0.2) is 9.78 Å². The maximum Gasteiger partial charge on any atom is 0.289 e. The highest BCUT2D eigenvalue weighted by molar-refractivity contribution is 6.31. The van der Waals surface area contributed by atoms with Crippen LogP contribution < -0.4 is 10.3 Å². The van der Waals surface area contributed by atoms with E-state index in [9.17, 15) is 4.79 Å². The summed E-state index contributed by atoms with van der Waals surface area (Å²) in [7, 11) is 0.